The number of fused-ring (bicyclic) bond motifs is 1. The van der Waals surface area contributed by atoms with E-state index in [4.69, 9.17) is 0 Å². The Morgan fingerprint density at radius 2 is 1.71 bits per heavy atom. The first kappa shape index (κ1) is 12.1. The summed E-state index contributed by atoms with van der Waals surface area (Å²) in [5, 5.41) is 9.40. The quantitative estimate of drug-likeness (QED) is 0.473. The van der Waals surface area contributed by atoms with Crippen LogP contribution < -0.4 is 0 Å². The molecule has 0 saturated carbocycles. The fraction of sp³-hybridized carbons (Fsp3) is 0.333. The third-order valence-electron chi connectivity index (χ3n) is 2.26. The Hall–Kier alpha value is -1.33. The minimum Gasteiger partial charge on any atom is -0.278 e. The first-order valence-corrected chi connectivity index (χ1v) is 6.02. The lowest BCUT2D eigenvalue weighted by atomic mass is 10.1. The van der Waals surface area contributed by atoms with Gasteiger partial charge in [0.05, 0.1) is 11.1 Å². The van der Waals surface area contributed by atoms with E-state index < -0.39 is 11.8 Å². The topological polar surface area (TPSA) is 57.6 Å². The Morgan fingerprint density at radius 3 is 2.29 bits per heavy atom. The Labute approximate surface area is 104 Å². The van der Waals surface area contributed by atoms with Crippen molar-refractivity contribution in [2.24, 2.45) is 0 Å². The second kappa shape index (κ2) is 3.85. The predicted molar refractivity (Wildman–Crippen MR) is 64.3 cm³/mol. The van der Waals surface area contributed by atoms with Crippen molar-refractivity contribution in [1.82, 2.24) is 5.06 Å². The summed E-state index contributed by atoms with van der Waals surface area (Å²) >= 11 is 1.61. The summed E-state index contributed by atoms with van der Waals surface area (Å²) in [4.78, 5) is 23.9. The van der Waals surface area contributed by atoms with Gasteiger partial charge in [-0.15, -0.1) is 16.8 Å². The van der Waals surface area contributed by atoms with Crippen LogP contribution in [0.4, 0.5) is 0 Å². The van der Waals surface area contributed by atoms with Crippen LogP contribution in [0.25, 0.3) is 0 Å². The molecule has 2 amide bonds. The molecule has 0 spiro atoms. The largest absolute Gasteiger partial charge is 0.285 e. The number of hydrogen-bond acceptors (Lipinski definition) is 4. The van der Waals surface area contributed by atoms with Crippen molar-refractivity contribution in [2.75, 3.05) is 0 Å². The van der Waals surface area contributed by atoms with E-state index in [0.29, 0.717) is 0 Å². The number of nitrogens with zero attached hydrogens (tertiary/aromatic N) is 1. The molecule has 0 bridgehead atoms. The molecule has 0 aromatic heterocycles. The SMILES string of the molecule is CC(C)(C)Sc1ccc2c(c1)C(=O)N(O)C2=O. The highest BCUT2D eigenvalue weighted by atomic mass is 32.2. The summed E-state index contributed by atoms with van der Waals surface area (Å²) in [5.41, 5.74) is 0.530. The fourth-order valence-electron chi connectivity index (χ4n) is 1.62. The molecule has 1 N–H and O–H groups in total. The zero-order valence-electron chi connectivity index (χ0n) is 9.85. The highest BCUT2D eigenvalue weighted by molar-refractivity contribution is 8.00. The number of rotatable bonds is 1. The summed E-state index contributed by atoms with van der Waals surface area (Å²) < 4.78 is 0.0266. The molecule has 17 heavy (non-hydrogen) atoms. The molecule has 1 aliphatic rings. The van der Waals surface area contributed by atoms with Crippen molar-refractivity contribution in [3.8, 4) is 0 Å². The second-order valence-corrected chi connectivity index (χ2v) is 6.74. The van der Waals surface area contributed by atoms with Crippen molar-refractivity contribution in [1.29, 1.82) is 0 Å². The lowest BCUT2D eigenvalue weighted by Crippen LogP contribution is -2.25. The summed E-state index contributed by atoms with van der Waals surface area (Å²) in [7, 11) is 0. The van der Waals surface area contributed by atoms with Crippen LogP contribution in [-0.4, -0.2) is 26.8 Å². The van der Waals surface area contributed by atoms with Crippen LogP contribution in [0.5, 0.6) is 0 Å². The van der Waals surface area contributed by atoms with E-state index in [9.17, 15) is 14.8 Å². The Kier molecular flexibility index (Phi) is 2.75. The second-order valence-electron chi connectivity index (χ2n) is 4.84. The van der Waals surface area contributed by atoms with Crippen LogP contribution in [0.2, 0.25) is 0 Å². The molecule has 5 heteroatoms. The average Bonchev–Trinajstić information content (AvgIpc) is 2.42. The first-order valence-electron chi connectivity index (χ1n) is 5.20. The molecule has 0 unspecified atom stereocenters. The molecule has 1 aromatic rings. The summed E-state index contributed by atoms with van der Waals surface area (Å²) in [6.45, 7) is 6.20. The van der Waals surface area contributed by atoms with Gasteiger partial charge in [-0.05, 0) is 18.2 Å². The lowest BCUT2D eigenvalue weighted by molar-refractivity contribution is -0.0327. The third-order valence-corrected chi connectivity index (χ3v) is 3.36. The molecule has 1 heterocycles. The third kappa shape index (κ3) is 2.21. The molecule has 1 aliphatic heterocycles. The standard InChI is InChI=1S/C12H13NO3S/c1-12(2,3)17-7-4-5-8-9(6-7)11(15)13(16)10(8)14/h4-6,16H,1-3H3. The van der Waals surface area contributed by atoms with Gasteiger partial charge in [-0.25, -0.2) is 0 Å². The van der Waals surface area contributed by atoms with Crippen molar-refractivity contribution >= 4 is 23.6 Å². The molecular formula is C12H13NO3S. The van der Waals surface area contributed by atoms with Gasteiger partial charge in [0.1, 0.15) is 0 Å². The smallest absolute Gasteiger partial charge is 0.278 e. The number of hydroxylamine groups is 2. The van der Waals surface area contributed by atoms with Crippen LogP contribution in [0.1, 0.15) is 41.5 Å². The molecule has 0 radical (unpaired) electrons. The molecule has 1 aromatic carbocycles. The van der Waals surface area contributed by atoms with Crippen molar-refractivity contribution in [3.63, 3.8) is 0 Å². The summed E-state index contributed by atoms with van der Waals surface area (Å²) in [6.07, 6.45) is 0. The number of carbonyl (C=O) groups is 2. The summed E-state index contributed by atoms with van der Waals surface area (Å²) in [6, 6.07) is 5.03. The van der Waals surface area contributed by atoms with Crippen molar-refractivity contribution in [2.45, 2.75) is 30.4 Å². The molecule has 0 saturated heterocycles. The predicted octanol–water partition coefficient (Wildman–Crippen LogP) is 2.56. The van der Waals surface area contributed by atoms with Gasteiger partial charge in [0.25, 0.3) is 11.8 Å². The number of thioether (sulfide) groups is 1. The highest BCUT2D eigenvalue weighted by Crippen LogP contribution is 2.34. The number of amides is 2. The van der Waals surface area contributed by atoms with Gasteiger partial charge in [0.15, 0.2) is 0 Å². The summed E-state index contributed by atoms with van der Waals surface area (Å²) in [5.74, 6) is -1.31. The van der Waals surface area contributed by atoms with E-state index in [-0.39, 0.29) is 20.9 Å². The Balaban J connectivity index is 2.40. The van der Waals surface area contributed by atoms with Gasteiger partial charge in [-0.1, -0.05) is 20.8 Å². The van der Waals surface area contributed by atoms with Crippen molar-refractivity contribution < 1.29 is 14.8 Å². The van der Waals surface area contributed by atoms with E-state index in [1.165, 1.54) is 0 Å². The fourth-order valence-corrected chi connectivity index (χ4v) is 2.64. The molecule has 0 atom stereocenters. The zero-order valence-corrected chi connectivity index (χ0v) is 10.7. The van der Waals surface area contributed by atoms with Gasteiger partial charge in [-0.2, -0.15) is 0 Å². The monoisotopic (exact) mass is 251 g/mol. The average molecular weight is 251 g/mol. The Morgan fingerprint density at radius 1 is 1.12 bits per heavy atom. The highest BCUT2D eigenvalue weighted by Gasteiger charge is 2.35. The zero-order chi connectivity index (χ0) is 12.8. The van der Waals surface area contributed by atoms with E-state index in [2.05, 4.69) is 20.8 Å². The molecule has 0 fully saturated rings. The first-order chi connectivity index (χ1) is 7.79. The molecular weight excluding hydrogens is 238 g/mol. The maximum atomic E-state index is 11.6. The van der Waals surface area contributed by atoms with E-state index in [1.807, 2.05) is 0 Å². The van der Waals surface area contributed by atoms with E-state index in [0.717, 1.165) is 4.90 Å². The van der Waals surface area contributed by atoms with E-state index in [1.54, 1.807) is 30.0 Å². The number of hydrogen-bond donors (Lipinski definition) is 1. The lowest BCUT2D eigenvalue weighted by Gasteiger charge is -2.17. The minimum atomic E-state index is -0.655. The van der Waals surface area contributed by atoms with Gasteiger partial charge in [0.2, 0.25) is 0 Å². The van der Waals surface area contributed by atoms with Gasteiger partial charge in [0, 0.05) is 9.64 Å². The molecule has 2 rings (SSSR count). The number of carbonyl (C=O) groups excluding carboxylic acids is 2. The van der Waals surface area contributed by atoms with Crippen LogP contribution in [0.3, 0.4) is 0 Å². The molecule has 0 aliphatic carbocycles. The maximum absolute atomic E-state index is 11.6. The number of imide groups is 1. The van der Waals surface area contributed by atoms with Crippen LogP contribution in [0.15, 0.2) is 23.1 Å². The molecule has 90 valence electrons. The van der Waals surface area contributed by atoms with Gasteiger partial charge in [-0.3, -0.25) is 14.8 Å². The minimum absolute atomic E-state index is 0.0266. The van der Waals surface area contributed by atoms with Gasteiger partial charge >= 0.3 is 0 Å². The van der Waals surface area contributed by atoms with Crippen LogP contribution in [-0.2, 0) is 0 Å². The van der Waals surface area contributed by atoms with Crippen molar-refractivity contribution in [3.05, 3.63) is 29.3 Å². The van der Waals surface area contributed by atoms with Crippen LogP contribution in [0, 0.1) is 0 Å². The maximum Gasteiger partial charge on any atom is 0.285 e. The molecule has 4 nitrogen and oxygen atoms in total. The van der Waals surface area contributed by atoms with Crippen LogP contribution >= 0.6 is 11.8 Å². The number of benzene rings is 1. The Bertz CT molecular complexity index is 505. The van der Waals surface area contributed by atoms with Gasteiger partial charge < -0.3 is 0 Å². The normalized spacial score (nSPS) is 15.4. The van der Waals surface area contributed by atoms with E-state index >= 15 is 0 Å².